The molecule has 0 aliphatic rings. The fourth-order valence-electron chi connectivity index (χ4n) is 0.925. The van der Waals surface area contributed by atoms with E-state index in [0.717, 1.165) is 0 Å². The Kier molecular flexibility index (Phi) is 3.13. The smallest absolute Gasteiger partial charge is 0.267 e. The summed E-state index contributed by atoms with van der Waals surface area (Å²) in [4.78, 5) is 21.6. The number of hydrogen-bond acceptors (Lipinski definition) is 4. The first-order valence-corrected chi connectivity index (χ1v) is 3.53. The van der Waals surface area contributed by atoms with Crippen molar-refractivity contribution in [3.05, 3.63) is 35.4 Å². The number of rotatable bonds is 3. The molecule has 0 radical (unpaired) electrons. The van der Waals surface area contributed by atoms with E-state index >= 15 is 0 Å². The molecule has 13 heavy (non-hydrogen) atoms. The van der Waals surface area contributed by atoms with E-state index in [1.54, 1.807) is 12.1 Å². The number of aldehydes is 1. The van der Waals surface area contributed by atoms with Crippen molar-refractivity contribution in [3.8, 4) is 0 Å². The van der Waals surface area contributed by atoms with Gasteiger partial charge in [-0.3, -0.25) is 20.2 Å². The minimum absolute atomic E-state index is 0.207. The Morgan fingerprint density at radius 1 is 1.38 bits per heavy atom. The summed E-state index contributed by atoms with van der Waals surface area (Å²) < 4.78 is 0. The maximum atomic E-state index is 11.1. The lowest BCUT2D eigenvalue weighted by Crippen LogP contribution is -2.35. The van der Waals surface area contributed by atoms with Crippen molar-refractivity contribution in [2.24, 2.45) is 0 Å². The normalized spacial score (nSPS) is 9.31. The first-order valence-electron chi connectivity index (χ1n) is 3.53. The highest BCUT2D eigenvalue weighted by molar-refractivity contribution is 6.01. The van der Waals surface area contributed by atoms with Gasteiger partial charge in [0, 0.05) is 5.56 Å². The van der Waals surface area contributed by atoms with E-state index in [2.05, 4.69) is 0 Å². The molecule has 0 saturated heterocycles. The monoisotopic (exact) mass is 180 g/mol. The van der Waals surface area contributed by atoms with Crippen molar-refractivity contribution < 1.29 is 14.8 Å². The van der Waals surface area contributed by atoms with Crippen LogP contribution in [-0.2, 0) is 0 Å². The molecular weight excluding hydrogens is 172 g/mol. The van der Waals surface area contributed by atoms with Gasteiger partial charge < -0.3 is 0 Å². The van der Waals surface area contributed by atoms with Crippen LogP contribution in [0.5, 0.6) is 0 Å². The van der Waals surface area contributed by atoms with Crippen molar-refractivity contribution in [2.75, 3.05) is 0 Å². The zero-order valence-corrected chi connectivity index (χ0v) is 6.65. The second-order valence-electron chi connectivity index (χ2n) is 2.27. The van der Waals surface area contributed by atoms with Gasteiger partial charge in [0.2, 0.25) is 0 Å². The van der Waals surface area contributed by atoms with Gasteiger partial charge in [-0.1, -0.05) is 18.2 Å². The maximum absolute atomic E-state index is 11.1. The maximum Gasteiger partial charge on any atom is 0.267 e. The zero-order valence-electron chi connectivity index (χ0n) is 6.65. The van der Waals surface area contributed by atoms with E-state index in [0.29, 0.717) is 6.29 Å². The fourth-order valence-corrected chi connectivity index (χ4v) is 0.925. The van der Waals surface area contributed by atoms with Crippen LogP contribution in [0.3, 0.4) is 0 Å². The standard InChI is InChI=1S/C8H8N2O3/c11-5-6-3-1-2-4-7(6)8(12)9-10-13/h1-5,10,13H,(H,9,12). The Hall–Kier alpha value is -1.72. The molecule has 1 amide bonds. The number of amides is 1. The van der Waals surface area contributed by atoms with E-state index in [4.69, 9.17) is 5.21 Å². The molecule has 1 aromatic carbocycles. The lowest BCUT2D eigenvalue weighted by Gasteiger charge is -2.03. The number of carbonyl (C=O) groups is 2. The summed E-state index contributed by atoms with van der Waals surface area (Å²) in [7, 11) is 0. The summed E-state index contributed by atoms with van der Waals surface area (Å²) in [6, 6.07) is 6.27. The zero-order chi connectivity index (χ0) is 9.68. The van der Waals surface area contributed by atoms with Crippen molar-refractivity contribution in [1.29, 1.82) is 0 Å². The molecule has 0 bridgehead atoms. The molecule has 0 heterocycles. The van der Waals surface area contributed by atoms with Crippen LogP contribution in [0.4, 0.5) is 0 Å². The molecule has 1 rings (SSSR count). The highest BCUT2D eigenvalue weighted by Gasteiger charge is 2.08. The summed E-state index contributed by atoms with van der Waals surface area (Å²) >= 11 is 0. The average Bonchev–Trinajstić information content (AvgIpc) is 2.18. The summed E-state index contributed by atoms with van der Waals surface area (Å²) in [6.07, 6.45) is 0.576. The van der Waals surface area contributed by atoms with Crippen molar-refractivity contribution in [1.82, 2.24) is 11.0 Å². The fraction of sp³-hybridized carbons (Fsp3) is 0. The summed E-state index contributed by atoms with van der Waals surface area (Å²) in [5.41, 5.74) is 3.93. The van der Waals surface area contributed by atoms with Crippen LogP contribution in [0.1, 0.15) is 20.7 Å². The van der Waals surface area contributed by atoms with Gasteiger partial charge >= 0.3 is 0 Å². The second-order valence-corrected chi connectivity index (χ2v) is 2.27. The number of benzene rings is 1. The molecule has 0 unspecified atom stereocenters. The lowest BCUT2D eigenvalue weighted by atomic mass is 10.1. The minimum Gasteiger partial charge on any atom is -0.298 e. The summed E-state index contributed by atoms with van der Waals surface area (Å²) in [6.45, 7) is 0. The van der Waals surface area contributed by atoms with Gasteiger partial charge in [0.15, 0.2) is 6.29 Å². The second kappa shape index (κ2) is 4.34. The Labute approximate surface area is 74.3 Å². The number of hydrogen-bond donors (Lipinski definition) is 3. The van der Waals surface area contributed by atoms with Crippen molar-refractivity contribution >= 4 is 12.2 Å². The van der Waals surface area contributed by atoms with Gasteiger partial charge in [-0.05, 0) is 6.07 Å². The van der Waals surface area contributed by atoms with Gasteiger partial charge in [-0.2, -0.15) is 0 Å². The van der Waals surface area contributed by atoms with Crippen LogP contribution >= 0.6 is 0 Å². The van der Waals surface area contributed by atoms with E-state index < -0.39 is 5.91 Å². The quantitative estimate of drug-likeness (QED) is 0.456. The largest absolute Gasteiger partial charge is 0.298 e. The summed E-state index contributed by atoms with van der Waals surface area (Å²) in [5.74, 6) is -0.565. The summed E-state index contributed by atoms with van der Waals surface area (Å²) in [5, 5.41) is 8.19. The van der Waals surface area contributed by atoms with Crippen LogP contribution in [0, 0.1) is 0 Å². The lowest BCUT2D eigenvalue weighted by molar-refractivity contribution is 0.0729. The van der Waals surface area contributed by atoms with Crippen LogP contribution in [-0.4, -0.2) is 17.4 Å². The van der Waals surface area contributed by atoms with Crippen LogP contribution in [0.25, 0.3) is 0 Å². The van der Waals surface area contributed by atoms with E-state index in [-0.39, 0.29) is 11.1 Å². The number of hydrazine groups is 1. The first-order chi connectivity index (χ1) is 6.29. The molecule has 3 N–H and O–H groups in total. The first kappa shape index (κ1) is 9.37. The van der Waals surface area contributed by atoms with Gasteiger partial charge in [-0.15, -0.1) is 5.59 Å². The number of nitrogens with one attached hydrogen (secondary N) is 2. The van der Waals surface area contributed by atoms with Gasteiger partial charge in [0.25, 0.3) is 5.91 Å². The molecule has 0 fully saturated rings. The SMILES string of the molecule is O=Cc1ccccc1C(=O)NNO. The molecule has 0 saturated carbocycles. The van der Waals surface area contributed by atoms with Gasteiger partial charge in [-0.25, -0.2) is 0 Å². The van der Waals surface area contributed by atoms with E-state index in [9.17, 15) is 9.59 Å². The predicted octanol–water partition coefficient (Wildman–Crippen LogP) is 0.123. The molecule has 1 aromatic rings. The molecule has 0 spiro atoms. The molecule has 0 atom stereocenters. The Balaban J connectivity index is 2.98. The molecule has 68 valence electrons. The Bertz CT molecular complexity index is 325. The van der Waals surface area contributed by atoms with E-state index in [1.165, 1.54) is 17.7 Å². The van der Waals surface area contributed by atoms with Gasteiger partial charge in [0.1, 0.15) is 0 Å². The molecule has 5 nitrogen and oxygen atoms in total. The third-order valence-electron chi connectivity index (χ3n) is 1.50. The molecule has 5 heteroatoms. The van der Waals surface area contributed by atoms with Gasteiger partial charge in [0.05, 0.1) is 5.56 Å². The highest BCUT2D eigenvalue weighted by atomic mass is 16.5. The molecule has 0 aliphatic heterocycles. The van der Waals surface area contributed by atoms with Crippen molar-refractivity contribution in [2.45, 2.75) is 0 Å². The Morgan fingerprint density at radius 3 is 2.69 bits per heavy atom. The molecule has 0 aromatic heterocycles. The van der Waals surface area contributed by atoms with Crippen LogP contribution in [0.2, 0.25) is 0 Å². The predicted molar refractivity (Wildman–Crippen MR) is 44.2 cm³/mol. The average molecular weight is 180 g/mol. The third kappa shape index (κ3) is 2.11. The topological polar surface area (TPSA) is 78.4 Å². The third-order valence-corrected chi connectivity index (χ3v) is 1.50. The highest BCUT2D eigenvalue weighted by Crippen LogP contribution is 2.04. The molecule has 0 aliphatic carbocycles. The number of carbonyl (C=O) groups excluding carboxylic acids is 2. The van der Waals surface area contributed by atoms with Crippen molar-refractivity contribution in [3.63, 3.8) is 0 Å². The Morgan fingerprint density at radius 2 is 2.08 bits per heavy atom. The van der Waals surface area contributed by atoms with E-state index in [1.807, 2.05) is 5.43 Å². The minimum atomic E-state index is -0.565. The van der Waals surface area contributed by atoms with Crippen LogP contribution < -0.4 is 11.0 Å². The van der Waals surface area contributed by atoms with Crippen LogP contribution in [0.15, 0.2) is 24.3 Å². The molecular formula is C8H8N2O3.